The summed E-state index contributed by atoms with van der Waals surface area (Å²) in [5.74, 6) is 0. The standard InChI is InChI=1S/C12H26O4S.H3N.Na/c1-2-3-4-5-6-7-8-9-10-11-12-16-17(13,14)15;;/h2-12H2,1H3,(H,13,14,15);1H3;/q;;+1. The Morgan fingerprint density at radius 1 is 0.842 bits per heavy atom. The van der Waals surface area contributed by atoms with E-state index < -0.39 is 10.4 Å². The van der Waals surface area contributed by atoms with Crippen LogP contribution in [0.15, 0.2) is 0 Å². The Kier molecular flexibility index (Phi) is 22.1. The van der Waals surface area contributed by atoms with Crippen molar-refractivity contribution in [3.05, 3.63) is 0 Å². The molecular formula is C12H29NNaO4S+. The van der Waals surface area contributed by atoms with Crippen molar-refractivity contribution >= 4 is 10.4 Å². The van der Waals surface area contributed by atoms with Crippen LogP contribution in [0.5, 0.6) is 0 Å². The third-order valence-corrected chi connectivity index (χ3v) is 3.18. The van der Waals surface area contributed by atoms with Crippen molar-refractivity contribution in [2.45, 2.75) is 71.1 Å². The van der Waals surface area contributed by atoms with Crippen molar-refractivity contribution in [2.24, 2.45) is 0 Å². The maximum atomic E-state index is 10.1. The maximum Gasteiger partial charge on any atom is 1.00 e. The fraction of sp³-hybridized carbons (Fsp3) is 1.00. The van der Waals surface area contributed by atoms with Gasteiger partial charge in [-0.3, -0.25) is 4.18 Å². The Morgan fingerprint density at radius 2 is 1.21 bits per heavy atom. The van der Waals surface area contributed by atoms with Gasteiger partial charge in [-0.2, -0.15) is 0 Å². The van der Waals surface area contributed by atoms with Crippen molar-refractivity contribution in [3.8, 4) is 0 Å². The second-order valence-electron chi connectivity index (χ2n) is 4.41. The smallest absolute Gasteiger partial charge is 0.726 e. The fourth-order valence-corrected chi connectivity index (χ4v) is 2.07. The van der Waals surface area contributed by atoms with E-state index in [1.807, 2.05) is 0 Å². The summed E-state index contributed by atoms with van der Waals surface area (Å²) in [6.07, 6.45) is 11.7. The molecule has 0 spiro atoms. The Bertz CT molecular complexity index is 260. The first-order valence-electron chi connectivity index (χ1n) is 6.66. The molecule has 4 N–H and O–H groups in total. The largest absolute Gasteiger partial charge is 1.00 e. The monoisotopic (exact) mass is 306 g/mol. The van der Waals surface area contributed by atoms with Gasteiger partial charge in [-0.1, -0.05) is 64.7 Å². The SMILES string of the molecule is CCCCCCCCCCCCOS(=O)(=O)[O-].[NH4+].[Na+]. The predicted molar refractivity (Wildman–Crippen MR) is 73.5 cm³/mol. The van der Waals surface area contributed by atoms with Crippen molar-refractivity contribution < 1.29 is 46.7 Å². The fourth-order valence-electron chi connectivity index (χ4n) is 1.75. The van der Waals surface area contributed by atoms with Crippen molar-refractivity contribution in [2.75, 3.05) is 6.61 Å². The van der Waals surface area contributed by atoms with Crippen LogP contribution in [-0.2, 0) is 14.6 Å². The Hall–Kier alpha value is 0.830. The van der Waals surface area contributed by atoms with Gasteiger partial charge in [-0.15, -0.1) is 0 Å². The van der Waals surface area contributed by atoms with E-state index >= 15 is 0 Å². The molecule has 0 saturated heterocycles. The van der Waals surface area contributed by atoms with Crippen molar-refractivity contribution in [3.63, 3.8) is 0 Å². The zero-order valence-corrected chi connectivity index (χ0v) is 15.6. The first kappa shape index (κ1) is 24.8. The van der Waals surface area contributed by atoms with Gasteiger partial charge < -0.3 is 10.7 Å². The van der Waals surface area contributed by atoms with Gasteiger partial charge in [0.1, 0.15) is 0 Å². The van der Waals surface area contributed by atoms with Crippen LogP contribution in [0, 0.1) is 0 Å². The summed E-state index contributed by atoms with van der Waals surface area (Å²) >= 11 is 0. The minimum Gasteiger partial charge on any atom is -0.726 e. The molecule has 0 heterocycles. The summed E-state index contributed by atoms with van der Waals surface area (Å²) in [6, 6.07) is 0. The van der Waals surface area contributed by atoms with E-state index in [2.05, 4.69) is 11.1 Å². The molecule has 0 aliphatic carbocycles. The topological polar surface area (TPSA) is 103 Å². The van der Waals surface area contributed by atoms with Crippen LogP contribution < -0.4 is 35.7 Å². The summed E-state index contributed by atoms with van der Waals surface area (Å²) < 4.78 is 34.5. The van der Waals surface area contributed by atoms with Gasteiger partial charge in [-0.25, -0.2) is 8.42 Å². The number of unbranched alkanes of at least 4 members (excludes halogenated alkanes) is 9. The Balaban J connectivity index is -0.00000128. The molecule has 112 valence electrons. The molecule has 7 heteroatoms. The van der Waals surface area contributed by atoms with E-state index in [0.29, 0.717) is 6.42 Å². The summed E-state index contributed by atoms with van der Waals surface area (Å²) in [4.78, 5) is 0. The quantitative estimate of drug-likeness (QED) is 0.249. The molecule has 0 rings (SSSR count). The van der Waals surface area contributed by atoms with Gasteiger partial charge in [0.25, 0.3) is 0 Å². The summed E-state index contributed by atoms with van der Waals surface area (Å²) in [6.45, 7) is 2.24. The van der Waals surface area contributed by atoms with E-state index in [1.165, 1.54) is 44.9 Å². The number of hydrogen-bond acceptors (Lipinski definition) is 4. The van der Waals surface area contributed by atoms with Crippen LogP contribution in [0.25, 0.3) is 0 Å². The summed E-state index contributed by atoms with van der Waals surface area (Å²) in [5.41, 5.74) is 0. The van der Waals surface area contributed by atoms with E-state index in [9.17, 15) is 13.0 Å². The normalized spacial score (nSPS) is 10.6. The summed E-state index contributed by atoms with van der Waals surface area (Å²) in [7, 11) is -4.48. The van der Waals surface area contributed by atoms with Crippen LogP contribution >= 0.6 is 0 Å². The van der Waals surface area contributed by atoms with Gasteiger partial charge in [0.05, 0.1) is 6.61 Å². The van der Waals surface area contributed by atoms with Crippen LogP contribution in [-0.4, -0.2) is 19.6 Å². The molecule has 5 nitrogen and oxygen atoms in total. The first-order valence-corrected chi connectivity index (χ1v) is 8.00. The molecule has 0 atom stereocenters. The van der Waals surface area contributed by atoms with E-state index in [-0.39, 0.29) is 42.3 Å². The molecule has 0 aliphatic rings. The molecule has 0 fully saturated rings. The summed E-state index contributed by atoms with van der Waals surface area (Å²) in [5, 5.41) is 0. The van der Waals surface area contributed by atoms with Gasteiger partial charge in [-0.05, 0) is 6.42 Å². The van der Waals surface area contributed by atoms with Crippen LogP contribution in [0.2, 0.25) is 0 Å². The van der Waals surface area contributed by atoms with E-state index in [4.69, 9.17) is 0 Å². The average molecular weight is 306 g/mol. The Morgan fingerprint density at radius 3 is 1.58 bits per heavy atom. The molecular weight excluding hydrogens is 277 g/mol. The second kappa shape index (κ2) is 16.9. The van der Waals surface area contributed by atoms with E-state index in [1.54, 1.807) is 0 Å². The van der Waals surface area contributed by atoms with Crippen LogP contribution in [0.3, 0.4) is 0 Å². The van der Waals surface area contributed by atoms with Crippen LogP contribution in [0.4, 0.5) is 0 Å². The molecule has 0 aliphatic heterocycles. The number of quaternary nitrogens is 1. The van der Waals surface area contributed by atoms with Gasteiger partial charge in [0.15, 0.2) is 0 Å². The zero-order chi connectivity index (χ0) is 13.0. The van der Waals surface area contributed by atoms with Crippen molar-refractivity contribution in [1.82, 2.24) is 6.15 Å². The van der Waals surface area contributed by atoms with Gasteiger partial charge >= 0.3 is 29.6 Å². The molecule has 0 aromatic rings. The maximum absolute atomic E-state index is 10.1. The molecule has 0 bridgehead atoms. The Labute approximate surface area is 140 Å². The molecule has 0 radical (unpaired) electrons. The van der Waals surface area contributed by atoms with Crippen molar-refractivity contribution in [1.29, 1.82) is 0 Å². The molecule has 0 unspecified atom stereocenters. The second-order valence-corrected chi connectivity index (χ2v) is 5.46. The average Bonchev–Trinajstić information content (AvgIpc) is 2.24. The van der Waals surface area contributed by atoms with E-state index in [0.717, 1.165) is 12.8 Å². The zero-order valence-electron chi connectivity index (χ0n) is 12.8. The third-order valence-electron chi connectivity index (χ3n) is 2.73. The minimum absolute atomic E-state index is 0. The first-order chi connectivity index (χ1) is 8.06. The molecule has 0 aromatic heterocycles. The van der Waals surface area contributed by atoms with Crippen LogP contribution in [0.1, 0.15) is 71.1 Å². The minimum atomic E-state index is -4.48. The molecule has 0 aromatic carbocycles. The molecule has 0 amide bonds. The molecule has 19 heavy (non-hydrogen) atoms. The van der Waals surface area contributed by atoms with Gasteiger partial charge in [0.2, 0.25) is 10.4 Å². The predicted octanol–water partition coefficient (Wildman–Crippen LogP) is 0.764. The number of rotatable bonds is 12. The number of hydrogen-bond donors (Lipinski definition) is 1. The molecule has 0 saturated carbocycles. The third kappa shape index (κ3) is 24.3. The van der Waals surface area contributed by atoms with Gasteiger partial charge in [0, 0.05) is 0 Å².